The van der Waals surface area contributed by atoms with E-state index in [9.17, 15) is 4.79 Å². The van der Waals surface area contributed by atoms with E-state index in [4.69, 9.17) is 5.73 Å². The van der Waals surface area contributed by atoms with Gasteiger partial charge in [0.2, 0.25) is 5.91 Å². The number of nitrogens with one attached hydrogen (secondary N) is 1. The van der Waals surface area contributed by atoms with Gasteiger partial charge in [0.25, 0.3) is 0 Å². The number of carbonyl (C=O) groups is 1. The van der Waals surface area contributed by atoms with Crippen molar-refractivity contribution in [3.8, 4) is 0 Å². The van der Waals surface area contributed by atoms with E-state index in [1.165, 1.54) is 16.7 Å². The van der Waals surface area contributed by atoms with E-state index in [1.54, 1.807) is 0 Å². The fraction of sp³-hybridized carbons (Fsp3) is 0.435. The Hall–Kier alpha value is -2.17. The van der Waals surface area contributed by atoms with Crippen LogP contribution < -0.4 is 11.1 Å². The molecule has 3 atom stereocenters. The van der Waals surface area contributed by atoms with Crippen LogP contribution in [0, 0.1) is 19.8 Å². The summed E-state index contributed by atoms with van der Waals surface area (Å²) in [6.07, 6.45) is 0. The lowest BCUT2D eigenvalue weighted by molar-refractivity contribution is -0.122. The van der Waals surface area contributed by atoms with Crippen LogP contribution in [0.1, 0.15) is 41.1 Å². The molecule has 1 unspecified atom stereocenters. The monoisotopic (exact) mass is 365 g/mol. The number of rotatable bonds is 6. The first-order valence-electron chi connectivity index (χ1n) is 9.81. The molecule has 1 aliphatic rings. The quantitative estimate of drug-likeness (QED) is 0.827. The Morgan fingerprint density at radius 1 is 1.15 bits per heavy atom. The Labute approximate surface area is 162 Å². The normalized spacial score (nSPS) is 21.2. The molecule has 4 nitrogen and oxygen atoms in total. The lowest BCUT2D eigenvalue weighted by Crippen LogP contribution is -2.37. The van der Waals surface area contributed by atoms with Gasteiger partial charge >= 0.3 is 0 Å². The number of carbonyl (C=O) groups excluding carboxylic acids is 1. The third kappa shape index (κ3) is 4.76. The van der Waals surface area contributed by atoms with Crippen LogP contribution in [0.25, 0.3) is 0 Å². The smallest absolute Gasteiger partial charge is 0.234 e. The predicted molar refractivity (Wildman–Crippen MR) is 111 cm³/mol. The maximum absolute atomic E-state index is 12.6. The van der Waals surface area contributed by atoms with Crippen LogP contribution in [0.3, 0.4) is 0 Å². The van der Waals surface area contributed by atoms with Gasteiger partial charge in [-0.3, -0.25) is 9.69 Å². The van der Waals surface area contributed by atoms with E-state index in [1.807, 2.05) is 13.0 Å². The minimum Gasteiger partial charge on any atom is -0.348 e. The summed E-state index contributed by atoms with van der Waals surface area (Å²) in [7, 11) is 0. The topological polar surface area (TPSA) is 58.4 Å². The van der Waals surface area contributed by atoms with Gasteiger partial charge in [-0.1, -0.05) is 48.5 Å². The number of aryl methyl sites for hydroxylation is 2. The van der Waals surface area contributed by atoms with Crippen molar-refractivity contribution >= 4 is 5.91 Å². The highest BCUT2D eigenvalue weighted by Crippen LogP contribution is 2.31. The molecule has 1 heterocycles. The van der Waals surface area contributed by atoms with Gasteiger partial charge in [0.05, 0.1) is 12.6 Å². The zero-order valence-electron chi connectivity index (χ0n) is 16.6. The van der Waals surface area contributed by atoms with Gasteiger partial charge in [-0.25, -0.2) is 0 Å². The van der Waals surface area contributed by atoms with Crippen LogP contribution in [-0.4, -0.2) is 37.0 Å². The molecule has 0 spiro atoms. The van der Waals surface area contributed by atoms with E-state index in [0.29, 0.717) is 24.9 Å². The number of hydrogen-bond donors (Lipinski definition) is 2. The maximum atomic E-state index is 12.6. The van der Waals surface area contributed by atoms with Crippen molar-refractivity contribution in [1.29, 1.82) is 0 Å². The molecule has 0 saturated carbocycles. The molecule has 1 aliphatic heterocycles. The van der Waals surface area contributed by atoms with E-state index < -0.39 is 0 Å². The summed E-state index contributed by atoms with van der Waals surface area (Å²) in [6, 6.07) is 16.9. The van der Waals surface area contributed by atoms with Crippen molar-refractivity contribution in [3.05, 3.63) is 70.8 Å². The van der Waals surface area contributed by atoms with Gasteiger partial charge in [0, 0.05) is 19.0 Å². The molecule has 0 aromatic heterocycles. The molecule has 144 valence electrons. The molecule has 1 amide bonds. The molecule has 1 fully saturated rings. The molecule has 3 rings (SSSR count). The average molecular weight is 366 g/mol. The number of likely N-dealkylation sites (tertiary alicyclic amines) is 1. The minimum atomic E-state index is 0.00892. The summed E-state index contributed by atoms with van der Waals surface area (Å²) in [4.78, 5) is 14.8. The summed E-state index contributed by atoms with van der Waals surface area (Å²) in [5.41, 5.74) is 11.0. The van der Waals surface area contributed by atoms with Gasteiger partial charge in [0.15, 0.2) is 0 Å². The van der Waals surface area contributed by atoms with Crippen molar-refractivity contribution in [2.75, 3.05) is 26.2 Å². The number of nitrogens with two attached hydrogens (primary N) is 1. The third-order valence-corrected chi connectivity index (χ3v) is 5.82. The molecule has 1 saturated heterocycles. The summed E-state index contributed by atoms with van der Waals surface area (Å²) in [5.74, 6) is 0.878. The fourth-order valence-corrected chi connectivity index (χ4v) is 4.01. The molecule has 2 aromatic rings. The van der Waals surface area contributed by atoms with Crippen molar-refractivity contribution < 1.29 is 4.79 Å². The van der Waals surface area contributed by atoms with Crippen LogP contribution in [0.4, 0.5) is 0 Å². The number of benzene rings is 2. The standard InChI is InChI=1S/C23H31N3O/c1-16-9-10-20(11-17(16)2)18(3)25-23(27)15-26-13-21(12-24)22(14-26)19-7-5-4-6-8-19/h4-11,18,21-22H,12-15,24H2,1-3H3,(H,25,27)/t18?,21-,22+/m1/s1. The van der Waals surface area contributed by atoms with Crippen molar-refractivity contribution in [2.24, 2.45) is 11.7 Å². The molecule has 4 heteroatoms. The molecule has 27 heavy (non-hydrogen) atoms. The first-order valence-corrected chi connectivity index (χ1v) is 9.81. The molecular formula is C23H31N3O. The number of amides is 1. The predicted octanol–water partition coefficient (Wildman–Crippen LogP) is 3.15. The van der Waals surface area contributed by atoms with Gasteiger partial charge in [0.1, 0.15) is 0 Å². The first kappa shape index (κ1) is 19.6. The van der Waals surface area contributed by atoms with E-state index >= 15 is 0 Å². The highest BCUT2D eigenvalue weighted by atomic mass is 16.2. The van der Waals surface area contributed by atoms with E-state index in [2.05, 4.69) is 66.5 Å². The Balaban J connectivity index is 1.58. The zero-order valence-corrected chi connectivity index (χ0v) is 16.6. The lowest BCUT2D eigenvalue weighted by atomic mass is 9.89. The summed E-state index contributed by atoms with van der Waals surface area (Å²) < 4.78 is 0. The van der Waals surface area contributed by atoms with Crippen LogP contribution in [0.5, 0.6) is 0 Å². The van der Waals surface area contributed by atoms with Crippen LogP contribution >= 0.6 is 0 Å². The Morgan fingerprint density at radius 3 is 2.56 bits per heavy atom. The maximum Gasteiger partial charge on any atom is 0.234 e. The Bertz CT molecular complexity index is 774. The van der Waals surface area contributed by atoms with E-state index in [0.717, 1.165) is 18.7 Å². The van der Waals surface area contributed by atoms with Crippen LogP contribution in [0.15, 0.2) is 48.5 Å². The molecule has 2 aromatic carbocycles. The first-order chi connectivity index (χ1) is 13.0. The lowest BCUT2D eigenvalue weighted by Gasteiger charge is -2.19. The SMILES string of the molecule is Cc1ccc(C(C)NC(=O)CN2C[C@@H](CN)[C@H](c3ccccc3)C2)cc1C. The van der Waals surface area contributed by atoms with Gasteiger partial charge in [-0.15, -0.1) is 0 Å². The van der Waals surface area contributed by atoms with Crippen molar-refractivity contribution in [1.82, 2.24) is 10.2 Å². The van der Waals surface area contributed by atoms with Gasteiger partial charge in [-0.05, 0) is 55.5 Å². The summed E-state index contributed by atoms with van der Waals surface area (Å²) in [6.45, 7) is 9.09. The highest BCUT2D eigenvalue weighted by Gasteiger charge is 2.33. The second kappa shape index (κ2) is 8.68. The number of hydrogen-bond acceptors (Lipinski definition) is 3. The minimum absolute atomic E-state index is 0.00892. The molecular weight excluding hydrogens is 334 g/mol. The van der Waals surface area contributed by atoms with Gasteiger partial charge < -0.3 is 11.1 Å². The van der Waals surface area contributed by atoms with Crippen LogP contribution in [0.2, 0.25) is 0 Å². The summed E-state index contributed by atoms with van der Waals surface area (Å²) in [5, 5.41) is 3.15. The third-order valence-electron chi connectivity index (χ3n) is 5.82. The highest BCUT2D eigenvalue weighted by molar-refractivity contribution is 5.78. The van der Waals surface area contributed by atoms with Crippen molar-refractivity contribution in [3.63, 3.8) is 0 Å². The second-order valence-corrected chi connectivity index (χ2v) is 7.84. The van der Waals surface area contributed by atoms with Gasteiger partial charge in [-0.2, -0.15) is 0 Å². The summed E-state index contributed by atoms with van der Waals surface area (Å²) >= 11 is 0. The van der Waals surface area contributed by atoms with Crippen LogP contribution in [-0.2, 0) is 4.79 Å². The average Bonchev–Trinajstić information content (AvgIpc) is 3.07. The fourth-order valence-electron chi connectivity index (χ4n) is 4.01. The van der Waals surface area contributed by atoms with Crippen molar-refractivity contribution in [2.45, 2.75) is 32.7 Å². The largest absolute Gasteiger partial charge is 0.348 e. The Kier molecular flexibility index (Phi) is 6.30. The molecule has 3 N–H and O–H groups in total. The zero-order chi connectivity index (χ0) is 19.4. The number of nitrogens with zero attached hydrogens (tertiary/aromatic N) is 1. The molecule has 0 aliphatic carbocycles. The molecule has 0 bridgehead atoms. The second-order valence-electron chi connectivity index (χ2n) is 7.84. The Morgan fingerprint density at radius 2 is 1.89 bits per heavy atom. The van der Waals surface area contributed by atoms with E-state index in [-0.39, 0.29) is 11.9 Å². The molecule has 0 radical (unpaired) electrons.